The van der Waals surface area contributed by atoms with Gasteiger partial charge in [0.25, 0.3) is 0 Å². The van der Waals surface area contributed by atoms with Crippen molar-refractivity contribution in [3.05, 3.63) is 35.1 Å². The maximum atomic E-state index is 13.9. The molecule has 20 heavy (non-hydrogen) atoms. The van der Waals surface area contributed by atoms with Crippen molar-refractivity contribution < 1.29 is 17.6 Å². The molecular weight excluding hydrogens is 272 g/mol. The number of hydrogen-bond acceptors (Lipinski definition) is 2. The zero-order valence-electron chi connectivity index (χ0n) is 11.3. The molecule has 0 bridgehead atoms. The third-order valence-corrected chi connectivity index (χ3v) is 3.66. The molecule has 0 unspecified atom stereocenters. The third kappa shape index (κ3) is 3.30. The van der Waals surface area contributed by atoms with Crippen LogP contribution in [0, 0.1) is 5.82 Å². The predicted molar refractivity (Wildman–Crippen MR) is 68.9 cm³/mol. The zero-order chi connectivity index (χ0) is 14.8. The van der Waals surface area contributed by atoms with Crippen LogP contribution in [0.25, 0.3) is 0 Å². The summed E-state index contributed by atoms with van der Waals surface area (Å²) in [4.78, 5) is 2.04. The quantitative estimate of drug-likeness (QED) is 0.860. The number of nitrogens with one attached hydrogen (secondary N) is 1. The highest BCUT2D eigenvalue weighted by Gasteiger charge is 2.32. The van der Waals surface area contributed by atoms with Crippen LogP contribution in [0.1, 0.15) is 30.5 Å². The summed E-state index contributed by atoms with van der Waals surface area (Å²) >= 11 is 0. The van der Waals surface area contributed by atoms with E-state index in [9.17, 15) is 17.6 Å². The molecule has 2 nitrogen and oxygen atoms in total. The van der Waals surface area contributed by atoms with Crippen molar-refractivity contribution in [2.75, 3.05) is 26.2 Å². The fourth-order valence-corrected chi connectivity index (χ4v) is 2.64. The van der Waals surface area contributed by atoms with Crippen molar-refractivity contribution >= 4 is 0 Å². The Morgan fingerprint density at radius 2 is 1.90 bits per heavy atom. The molecule has 1 fully saturated rings. The Morgan fingerprint density at radius 1 is 1.25 bits per heavy atom. The summed E-state index contributed by atoms with van der Waals surface area (Å²) in [6, 6.07) is 2.36. The van der Waals surface area contributed by atoms with Gasteiger partial charge < -0.3 is 5.32 Å². The lowest BCUT2D eigenvalue weighted by molar-refractivity contribution is -0.137. The van der Waals surface area contributed by atoms with E-state index >= 15 is 0 Å². The van der Waals surface area contributed by atoms with Crippen molar-refractivity contribution in [3.8, 4) is 0 Å². The lowest BCUT2D eigenvalue weighted by Gasteiger charge is -2.35. The average molecular weight is 290 g/mol. The number of alkyl halides is 3. The molecule has 1 saturated heterocycles. The van der Waals surface area contributed by atoms with Gasteiger partial charge in [-0.15, -0.1) is 0 Å². The highest BCUT2D eigenvalue weighted by atomic mass is 19.4. The van der Waals surface area contributed by atoms with Crippen LogP contribution in [0.3, 0.4) is 0 Å². The molecule has 0 radical (unpaired) electrons. The summed E-state index contributed by atoms with van der Waals surface area (Å²) in [5, 5.41) is 3.18. The molecule has 2 rings (SSSR count). The number of halogens is 4. The first-order valence-corrected chi connectivity index (χ1v) is 6.75. The van der Waals surface area contributed by atoms with Gasteiger partial charge in [0, 0.05) is 37.8 Å². The van der Waals surface area contributed by atoms with Gasteiger partial charge in [0.1, 0.15) is 5.82 Å². The Kier molecular flexibility index (Phi) is 4.65. The van der Waals surface area contributed by atoms with Crippen molar-refractivity contribution in [1.29, 1.82) is 0 Å². The molecular formula is C14H18F4N2. The fraction of sp³-hybridized carbons (Fsp3) is 0.571. The summed E-state index contributed by atoms with van der Waals surface area (Å²) in [6.07, 6.45) is -3.86. The Balaban J connectivity index is 2.32. The van der Waals surface area contributed by atoms with Crippen molar-refractivity contribution in [1.82, 2.24) is 10.2 Å². The molecule has 0 saturated carbocycles. The molecule has 1 atom stereocenters. The van der Waals surface area contributed by atoms with Crippen molar-refractivity contribution in [3.63, 3.8) is 0 Å². The second kappa shape index (κ2) is 6.10. The minimum absolute atomic E-state index is 0.143. The van der Waals surface area contributed by atoms with Gasteiger partial charge in [0.15, 0.2) is 0 Å². The van der Waals surface area contributed by atoms with Crippen LogP contribution in [0.15, 0.2) is 18.2 Å². The average Bonchev–Trinajstić information content (AvgIpc) is 2.41. The van der Waals surface area contributed by atoms with Crippen LogP contribution >= 0.6 is 0 Å². The molecule has 112 valence electrons. The second-order valence-electron chi connectivity index (χ2n) is 4.94. The maximum absolute atomic E-state index is 13.9. The van der Waals surface area contributed by atoms with Gasteiger partial charge in [-0.2, -0.15) is 13.2 Å². The van der Waals surface area contributed by atoms with E-state index in [0.717, 1.165) is 31.3 Å². The number of benzene rings is 1. The standard InChI is InChI=1S/C14H18F4N2/c1-2-13(20-7-5-19-6-8-20)11-9-10(14(16,17)18)3-4-12(11)15/h3-4,9,13,19H,2,5-8H2,1H3/t13-/m0/s1. The number of hydrogen-bond donors (Lipinski definition) is 1. The number of piperazine rings is 1. The van der Waals surface area contributed by atoms with Crippen LogP contribution in [-0.2, 0) is 6.18 Å². The monoisotopic (exact) mass is 290 g/mol. The molecule has 1 N–H and O–H groups in total. The van der Waals surface area contributed by atoms with Gasteiger partial charge in [-0.25, -0.2) is 4.39 Å². The Morgan fingerprint density at radius 3 is 2.45 bits per heavy atom. The second-order valence-corrected chi connectivity index (χ2v) is 4.94. The Bertz CT molecular complexity index is 453. The Hall–Kier alpha value is -1.14. The summed E-state index contributed by atoms with van der Waals surface area (Å²) < 4.78 is 52.2. The van der Waals surface area contributed by atoms with Crippen LogP contribution in [0.4, 0.5) is 17.6 Å². The molecule has 1 heterocycles. The normalized spacial score (nSPS) is 19.1. The maximum Gasteiger partial charge on any atom is 0.416 e. The van der Waals surface area contributed by atoms with Crippen molar-refractivity contribution in [2.24, 2.45) is 0 Å². The smallest absolute Gasteiger partial charge is 0.314 e. The van der Waals surface area contributed by atoms with E-state index in [0.29, 0.717) is 19.5 Å². The predicted octanol–water partition coefficient (Wildman–Crippen LogP) is 3.20. The van der Waals surface area contributed by atoms with Crippen molar-refractivity contribution in [2.45, 2.75) is 25.6 Å². The number of rotatable bonds is 3. The highest BCUT2D eigenvalue weighted by molar-refractivity contribution is 5.29. The van der Waals surface area contributed by atoms with Crippen LogP contribution in [-0.4, -0.2) is 31.1 Å². The summed E-state index contributed by atoms with van der Waals surface area (Å²) in [6.45, 7) is 4.85. The van der Waals surface area contributed by atoms with E-state index in [1.165, 1.54) is 0 Å². The van der Waals surface area contributed by atoms with Gasteiger partial charge in [0.05, 0.1) is 5.56 Å². The first-order chi connectivity index (χ1) is 9.43. The highest BCUT2D eigenvalue weighted by Crippen LogP contribution is 2.34. The zero-order valence-corrected chi connectivity index (χ0v) is 11.3. The van der Waals surface area contributed by atoms with E-state index in [4.69, 9.17) is 0 Å². The largest absolute Gasteiger partial charge is 0.416 e. The van der Waals surface area contributed by atoms with E-state index in [-0.39, 0.29) is 11.6 Å². The summed E-state index contributed by atoms with van der Waals surface area (Å²) in [5.41, 5.74) is -0.647. The fourth-order valence-electron chi connectivity index (χ4n) is 2.64. The molecule has 0 amide bonds. The van der Waals surface area contributed by atoms with Gasteiger partial charge in [-0.05, 0) is 24.6 Å². The molecule has 1 aromatic carbocycles. The Labute approximate surface area is 115 Å². The summed E-state index contributed by atoms with van der Waals surface area (Å²) in [5.74, 6) is -0.566. The molecule has 1 aliphatic heterocycles. The minimum Gasteiger partial charge on any atom is -0.314 e. The summed E-state index contributed by atoms with van der Waals surface area (Å²) in [7, 11) is 0. The van der Waals surface area contributed by atoms with E-state index in [2.05, 4.69) is 5.32 Å². The van der Waals surface area contributed by atoms with E-state index in [1.54, 1.807) is 0 Å². The van der Waals surface area contributed by atoms with E-state index in [1.807, 2.05) is 11.8 Å². The van der Waals surface area contributed by atoms with Gasteiger partial charge in [0.2, 0.25) is 0 Å². The van der Waals surface area contributed by atoms with Gasteiger partial charge in [-0.3, -0.25) is 4.90 Å². The first-order valence-electron chi connectivity index (χ1n) is 6.75. The molecule has 1 aromatic rings. The SMILES string of the molecule is CC[C@@H](c1cc(C(F)(F)F)ccc1F)N1CCNCC1. The third-order valence-electron chi connectivity index (χ3n) is 3.66. The first kappa shape index (κ1) is 15.3. The topological polar surface area (TPSA) is 15.3 Å². The lowest BCUT2D eigenvalue weighted by Crippen LogP contribution is -2.45. The van der Waals surface area contributed by atoms with Crippen LogP contribution in [0.2, 0.25) is 0 Å². The van der Waals surface area contributed by atoms with Crippen LogP contribution in [0.5, 0.6) is 0 Å². The molecule has 0 aliphatic carbocycles. The van der Waals surface area contributed by atoms with Crippen LogP contribution < -0.4 is 5.32 Å². The molecule has 0 spiro atoms. The number of nitrogens with zero attached hydrogens (tertiary/aromatic N) is 1. The molecule has 0 aromatic heterocycles. The molecule has 6 heteroatoms. The van der Waals surface area contributed by atoms with E-state index < -0.39 is 17.6 Å². The molecule has 1 aliphatic rings. The van der Waals surface area contributed by atoms with Gasteiger partial charge in [-0.1, -0.05) is 6.92 Å². The lowest BCUT2D eigenvalue weighted by atomic mass is 9.99. The minimum atomic E-state index is -4.44. The van der Waals surface area contributed by atoms with Gasteiger partial charge >= 0.3 is 6.18 Å².